The molecule has 3 aromatic rings. The van der Waals surface area contributed by atoms with Crippen LogP contribution in [-0.4, -0.2) is 55.7 Å². The molecule has 0 aliphatic carbocycles. The number of rotatable bonds is 5. The van der Waals surface area contributed by atoms with Gasteiger partial charge in [-0.3, -0.25) is 15.0 Å². The molecule has 1 fully saturated rings. The molecule has 0 bridgehead atoms. The number of aromatic nitrogens is 5. The molecule has 0 atom stereocenters. The molecule has 7 nitrogen and oxygen atoms in total. The Morgan fingerprint density at radius 2 is 2.04 bits per heavy atom. The number of likely N-dealkylation sites (tertiary alicyclic amines) is 1. The molecule has 0 spiro atoms. The van der Waals surface area contributed by atoms with Crippen molar-refractivity contribution in [1.82, 2.24) is 30.0 Å². The number of nitrogens with one attached hydrogen (secondary N) is 2. The van der Waals surface area contributed by atoms with Crippen LogP contribution in [0.1, 0.15) is 24.1 Å². The molecule has 1 aliphatic heterocycles. The summed E-state index contributed by atoms with van der Waals surface area (Å²) in [6, 6.07) is 1.19. The summed E-state index contributed by atoms with van der Waals surface area (Å²) in [4.78, 5) is 13.3. The number of aromatic amines is 1. The van der Waals surface area contributed by atoms with Crippen LogP contribution in [0.4, 0.5) is 19.0 Å². The highest BCUT2D eigenvalue weighted by Gasteiger charge is 2.39. The van der Waals surface area contributed by atoms with Crippen LogP contribution in [0.2, 0.25) is 0 Å². The molecule has 0 aromatic carbocycles. The molecule has 10 heteroatoms. The number of hydrogen-bond acceptors (Lipinski definition) is 6. The van der Waals surface area contributed by atoms with Crippen molar-refractivity contribution in [3.05, 3.63) is 41.9 Å². The lowest BCUT2D eigenvalue weighted by Crippen LogP contribution is -2.44. The highest BCUT2D eigenvalue weighted by Crippen LogP contribution is 2.31. The van der Waals surface area contributed by atoms with Crippen LogP contribution in [0.3, 0.4) is 0 Å². The van der Waals surface area contributed by atoms with E-state index in [0.717, 1.165) is 11.5 Å². The van der Waals surface area contributed by atoms with Gasteiger partial charge in [-0.1, -0.05) is 0 Å². The Hall–Kier alpha value is -2.75. The summed E-state index contributed by atoms with van der Waals surface area (Å²) in [5, 5.41) is 11.1. The molecule has 1 saturated heterocycles. The number of H-pyrrole nitrogens is 1. The maximum Gasteiger partial charge on any atom is 0.304 e. The molecule has 28 heavy (non-hydrogen) atoms. The van der Waals surface area contributed by atoms with Crippen LogP contribution < -0.4 is 5.32 Å². The number of hydrogen-bond donors (Lipinski definition) is 2. The molecule has 3 aromatic heterocycles. The first kappa shape index (κ1) is 18.6. The number of alkyl halides is 2. The molecule has 148 valence electrons. The Morgan fingerprint density at radius 3 is 2.79 bits per heavy atom. The summed E-state index contributed by atoms with van der Waals surface area (Å²) in [7, 11) is 0. The van der Waals surface area contributed by atoms with E-state index in [9.17, 15) is 13.2 Å². The minimum absolute atomic E-state index is 0.103. The van der Waals surface area contributed by atoms with Crippen molar-refractivity contribution in [2.45, 2.75) is 31.7 Å². The van der Waals surface area contributed by atoms with Gasteiger partial charge in [0.2, 0.25) is 0 Å². The molecule has 4 rings (SSSR count). The number of nitrogens with zero attached hydrogens (tertiary/aromatic N) is 5. The van der Waals surface area contributed by atoms with Gasteiger partial charge in [0.15, 0.2) is 17.3 Å². The van der Waals surface area contributed by atoms with Gasteiger partial charge in [-0.15, -0.1) is 0 Å². The van der Waals surface area contributed by atoms with Gasteiger partial charge in [0.1, 0.15) is 12.0 Å². The Bertz CT molecular complexity index is 967. The van der Waals surface area contributed by atoms with E-state index >= 15 is 0 Å². The van der Waals surface area contributed by atoms with E-state index in [-0.39, 0.29) is 6.04 Å². The van der Waals surface area contributed by atoms with Crippen LogP contribution >= 0.6 is 0 Å². The lowest BCUT2D eigenvalue weighted by molar-refractivity contribution is -0.0486. The monoisotopic (exact) mass is 391 g/mol. The van der Waals surface area contributed by atoms with Crippen LogP contribution in [-0.2, 0) is 5.92 Å². The first-order valence-electron chi connectivity index (χ1n) is 9.06. The molecular weight excluding hydrogens is 371 g/mol. The van der Waals surface area contributed by atoms with Crippen LogP contribution in [0.5, 0.6) is 0 Å². The fraction of sp³-hybridized carbons (Fsp3) is 0.444. The molecule has 0 saturated carbocycles. The standard InChI is InChI=1S/C18H20F3N7/c1-11-6-14(19)15(23-7-11)18(20,21)9-28-4-2-12(3-5-28)25-17-13-8-22-10-24-16(13)26-27-17/h6-8,10,12H,2-5,9H2,1H3,(H2,22,24,25,26,27). The summed E-state index contributed by atoms with van der Waals surface area (Å²) < 4.78 is 43.0. The second kappa shape index (κ2) is 7.34. The van der Waals surface area contributed by atoms with E-state index in [1.54, 1.807) is 18.0 Å². The van der Waals surface area contributed by atoms with E-state index < -0.39 is 24.0 Å². The van der Waals surface area contributed by atoms with Crippen molar-refractivity contribution in [2.24, 2.45) is 0 Å². The lowest BCUT2D eigenvalue weighted by Gasteiger charge is -2.34. The van der Waals surface area contributed by atoms with Crippen molar-refractivity contribution in [1.29, 1.82) is 0 Å². The van der Waals surface area contributed by atoms with Gasteiger partial charge in [-0.05, 0) is 31.4 Å². The lowest BCUT2D eigenvalue weighted by atomic mass is 10.0. The third-order valence-corrected chi connectivity index (χ3v) is 4.92. The second-order valence-electron chi connectivity index (χ2n) is 7.10. The quantitative estimate of drug-likeness (QED) is 0.696. The van der Waals surface area contributed by atoms with Gasteiger partial charge in [0, 0.05) is 31.5 Å². The van der Waals surface area contributed by atoms with Crippen molar-refractivity contribution in [2.75, 3.05) is 25.0 Å². The summed E-state index contributed by atoms with van der Waals surface area (Å²) >= 11 is 0. The molecule has 0 radical (unpaired) electrons. The number of pyridine rings is 1. The third kappa shape index (κ3) is 3.77. The Labute approximate surface area is 159 Å². The summed E-state index contributed by atoms with van der Waals surface area (Å²) in [5.74, 6) is -3.65. The van der Waals surface area contributed by atoms with Crippen molar-refractivity contribution in [3.63, 3.8) is 0 Å². The molecule has 1 aliphatic rings. The van der Waals surface area contributed by atoms with Gasteiger partial charge >= 0.3 is 5.92 Å². The molecule has 0 amide bonds. The Kier molecular flexibility index (Phi) is 4.88. The number of fused-ring (bicyclic) bond motifs is 1. The zero-order chi connectivity index (χ0) is 19.7. The van der Waals surface area contributed by atoms with Crippen LogP contribution in [0.15, 0.2) is 24.8 Å². The van der Waals surface area contributed by atoms with Crippen molar-refractivity contribution < 1.29 is 13.2 Å². The summed E-state index contributed by atoms with van der Waals surface area (Å²) in [6.07, 6.45) is 5.71. The maximum absolute atomic E-state index is 14.5. The normalized spacial score (nSPS) is 16.6. The van der Waals surface area contributed by atoms with Gasteiger partial charge < -0.3 is 5.32 Å². The number of piperidine rings is 1. The Morgan fingerprint density at radius 1 is 1.25 bits per heavy atom. The first-order chi connectivity index (χ1) is 13.4. The minimum atomic E-state index is -3.34. The third-order valence-electron chi connectivity index (χ3n) is 4.92. The van der Waals surface area contributed by atoms with Gasteiger partial charge in [0.25, 0.3) is 0 Å². The SMILES string of the molecule is Cc1cnc(C(F)(F)CN2CCC(Nc3n[nH]c4ncncc34)CC2)c(F)c1. The molecule has 2 N–H and O–H groups in total. The average Bonchev–Trinajstić information content (AvgIpc) is 3.06. The highest BCUT2D eigenvalue weighted by atomic mass is 19.3. The van der Waals surface area contributed by atoms with E-state index in [4.69, 9.17) is 0 Å². The predicted molar refractivity (Wildman–Crippen MR) is 97.6 cm³/mol. The van der Waals surface area contributed by atoms with Gasteiger partial charge in [-0.25, -0.2) is 14.4 Å². The van der Waals surface area contributed by atoms with Gasteiger partial charge in [0.05, 0.1) is 11.9 Å². The number of anilines is 1. The fourth-order valence-electron chi connectivity index (χ4n) is 3.46. The molecule has 0 unspecified atom stereocenters. The van der Waals surface area contributed by atoms with Crippen LogP contribution in [0, 0.1) is 12.7 Å². The zero-order valence-electron chi connectivity index (χ0n) is 15.3. The van der Waals surface area contributed by atoms with Crippen molar-refractivity contribution in [3.8, 4) is 0 Å². The highest BCUT2D eigenvalue weighted by molar-refractivity contribution is 5.86. The number of halogens is 3. The second-order valence-corrected chi connectivity index (χ2v) is 7.10. The zero-order valence-corrected chi connectivity index (χ0v) is 15.3. The van der Waals surface area contributed by atoms with E-state index in [0.29, 0.717) is 43.0 Å². The Balaban J connectivity index is 1.36. The summed E-state index contributed by atoms with van der Waals surface area (Å²) in [5.41, 5.74) is 0.365. The smallest absolute Gasteiger partial charge is 0.304 e. The minimum Gasteiger partial charge on any atom is -0.365 e. The topological polar surface area (TPSA) is 82.6 Å². The first-order valence-corrected chi connectivity index (χ1v) is 9.06. The number of aryl methyl sites for hydroxylation is 1. The van der Waals surface area contributed by atoms with Crippen molar-refractivity contribution >= 4 is 16.9 Å². The fourth-order valence-corrected chi connectivity index (χ4v) is 3.46. The van der Waals surface area contributed by atoms with E-state index in [1.165, 1.54) is 12.5 Å². The van der Waals surface area contributed by atoms with Crippen LogP contribution in [0.25, 0.3) is 11.0 Å². The average molecular weight is 391 g/mol. The van der Waals surface area contributed by atoms with Gasteiger partial charge in [-0.2, -0.15) is 13.9 Å². The molecule has 4 heterocycles. The van der Waals surface area contributed by atoms with E-state index in [1.807, 2.05) is 0 Å². The predicted octanol–water partition coefficient (Wildman–Crippen LogP) is 2.86. The largest absolute Gasteiger partial charge is 0.365 e. The summed E-state index contributed by atoms with van der Waals surface area (Å²) in [6.45, 7) is 2.01. The van der Waals surface area contributed by atoms with E-state index in [2.05, 4.69) is 30.5 Å². The maximum atomic E-state index is 14.5. The molecular formula is C18H20F3N7.